The fourth-order valence-electron chi connectivity index (χ4n) is 2.00. The minimum atomic E-state index is -0.337. The Labute approximate surface area is 109 Å². The smallest absolute Gasteiger partial charge is 0.0595 e. The van der Waals surface area contributed by atoms with E-state index in [0.717, 1.165) is 12.8 Å². The van der Waals surface area contributed by atoms with E-state index >= 15 is 0 Å². The second-order valence-corrected chi connectivity index (χ2v) is 7.81. The van der Waals surface area contributed by atoms with Gasteiger partial charge in [0, 0.05) is 9.86 Å². The zero-order valence-electron chi connectivity index (χ0n) is 8.24. The Kier molecular flexibility index (Phi) is 4.26. The molecule has 0 nitrogen and oxygen atoms in total. The van der Waals surface area contributed by atoms with Gasteiger partial charge in [0.15, 0.2) is 0 Å². The molecule has 0 aromatic heterocycles. The quantitative estimate of drug-likeness (QED) is 0.602. The van der Waals surface area contributed by atoms with Gasteiger partial charge in [-0.15, -0.1) is 23.2 Å². The SMILES string of the molecule is CC1(Cl)CC(C)(Br)C(/C=C/Cl)CC1Cl. The molecule has 0 heterocycles. The van der Waals surface area contributed by atoms with E-state index in [4.69, 9.17) is 34.8 Å². The summed E-state index contributed by atoms with van der Waals surface area (Å²) in [5.74, 6) is 0.342. The van der Waals surface area contributed by atoms with E-state index in [1.165, 1.54) is 0 Å². The second-order valence-electron chi connectivity index (χ2n) is 4.36. The summed E-state index contributed by atoms with van der Waals surface area (Å²) in [6.45, 7) is 4.13. The van der Waals surface area contributed by atoms with Crippen molar-refractivity contribution in [2.75, 3.05) is 0 Å². The van der Waals surface area contributed by atoms with E-state index < -0.39 is 0 Å². The first-order valence-electron chi connectivity index (χ1n) is 4.58. The molecule has 0 aromatic carbocycles. The van der Waals surface area contributed by atoms with Crippen molar-refractivity contribution in [2.45, 2.75) is 41.3 Å². The standard InChI is InChI=1S/C10H14BrCl3/c1-9(11)6-10(2,14)8(13)5-7(9)3-4-12/h3-4,7-8H,5-6H2,1-2H3/b4-3+. The number of halogens is 4. The summed E-state index contributed by atoms with van der Waals surface area (Å²) in [5, 5.41) is -0.00680. The van der Waals surface area contributed by atoms with Crippen molar-refractivity contribution >= 4 is 50.7 Å². The van der Waals surface area contributed by atoms with Gasteiger partial charge in [-0.2, -0.15) is 0 Å². The Bertz CT molecular complexity index is 236. The highest BCUT2D eigenvalue weighted by Crippen LogP contribution is 2.49. The first-order chi connectivity index (χ1) is 6.29. The van der Waals surface area contributed by atoms with Crippen LogP contribution >= 0.6 is 50.7 Å². The van der Waals surface area contributed by atoms with Crippen LogP contribution in [0.2, 0.25) is 0 Å². The predicted molar refractivity (Wildman–Crippen MR) is 68.9 cm³/mol. The van der Waals surface area contributed by atoms with Crippen LogP contribution in [0.3, 0.4) is 0 Å². The predicted octanol–water partition coefficient (Wildman–Crippen LogP) is 4.91. The van der Waals surface area contributed by atoms with Crippen LogP contribution in [0.1, 0.15) is 26.7 Å². The van der Waals surface area contributed by atoms with Crippen LogP contribution in [0.5, 0.6) is 0 Å². The molecule has 0 saturated heterocycles. The molecule has 1 saturated carbocycles. The molecule has 1 fully saturated rings. The van der Waals surface area contributed by atoms with Gasteiger partial charge in [0.1, 0.15) is 0 Å². The van der Waals surface area contributed by atoms with Crippen molar-refractivity contribution in [3.63, 3.8) is 0 Å². The highest BCUT2D eigenvalue weighted by molar-refractivity contribution is 9.10. The van der Waals surface area contributed by atoms with Crippen molar-refractivity contribution in [1.82, 2.24) is 0 Å². The maximum Gasteiger partial charge on any atom is 0.0595 e. The number of alkyl halides is 3. The first-order valence-corrected chi connectivity index (χ1v) is 6.63. The van der Waals surface area contributed by atoms with E-state index in [9.17, 15) is 0 Å². The monoisotopic (exact) mass is 318 g/mol. The fourth-order valence-corrected chi connectivity index (χ4v) is 3.89. The third kappa shape index (κ3) is 2.81. The normalized spacial score (nSPS) is 49.9. The van der Waals surface area contributed by atoms with Gasteiger partial charge in [0.25, 0.3) is 0 Å². The number of allylic oxidation sites excluding steroid dienone is 1. The molecule has 0 spiro atoms. The van der Waals surface area contributed by atoms with E-state index in [2.05, 4.69) is 22.9 Å². The Morgan fingerprint density at radius 3 is 2.50 bits per heavy atom. The average Bonchev–Trinajstić information content (AvgIpc) is 1.99. The molecular formula is C10H14BrCl3. The zero-order valence-corrected chi connectivity index (χ0v) is 12.1. The molecule has 0 N–H and O–H groups in total. The average molecular weight is 320 g/mol. The molecule has 82 valence electrons. The van der Waals surface area contributed by atoms with Crippen molar-refractivity contribution in [3.8, 4) is 0 Å². The van der Waals surface area contributed by atoms with Gasteiger partial charge in [0.2, 0.25) is 0 Å². The van der Waals surface area contributed by atoms with Gasteiger partial charge in [-0.1, -0.05) is 33.6 Å². The van der Waals surface area contributed by atoms with Crippen LogP contribution in [-0.2, 0) is 0 Å². The summed E-state index contributed by atoms with van der Waals surface area (Å²) in [6, 6.07) is 0. The maximum atomic E-state index is 6.35. The topological polar surface area (TPSA) is 0 Å². The Balaban J connectivity index is 2.85. The molecule has 0 aliphatic heterocycles. The maximum absolute atomic E-state index is 6.35. The molecule has 0 aromatic rings. The van der Waals surface area contributed by atoms with Crippen LogP contribution in [0, 0.1) is 5.92 Å². The van der Waals surface area contributed by atoms with Gasteiger partial charge in [-0.3, -0.25) is 0 Å². The lowest BCUT2D eigenvalue weighted by Crippen LogP contribution is -2.47. The molecule has 4 unspecified atom stereocenters. The van der Waals surface area contributed by atoms with E-state index in [-0.39, 0.29) is 14.6 Å². The number of hydrogen-bond donors (Lipinski definition) is 0. The lowest BCUT2D eigenvalue weighted by atomic mass is 9.74. The highest BCUT2D eigenvalue weighted by Gasteiger charge is 2.47. The number of rotatable bonds is 1. The van der Waals surface area contributed by atoms with E-state index in [1.54, 1.807) is 5.54 Å². The van der Waals surface area contributed by atoms with Gasteiger partial charge in [0.05, 0.1) is 10.3 Å². The van der Waals surface area contributed by atoms with Crippen LogP contribution < -0.4 is 0 Å². The lowest BCUT2D eigenvalue weighted by Gasteiger charge is -2.45. The Hall–Kier alpha value is 1.09. The van der Waals surface area contributed by atoms with Crippen LogP contribution in [-0.4, -0.2) is 14.6 Å². The van der Waals surface area contributed by atoms with Gasteiger partial charge >= 0.3 is 0 Å². The van der Waals surface area contributed by atoms with Crippen molar-refractivity contribution in [2.24, 2.45) is 5.92 Å². The summed E-state index contributed by atoms with van der Waals surface area (Å²) < 4.78 is -0.0136. The van der Waals surface area contributed by atoms with Crippen molar-refractivity contribution < 1.29 is 0 Å². The molecule has 1 aliphatic carbocycles. The van der Waals surface area contributed by atoms with Crippen LogP contribution in [0.25, 0.3) is 0 Å². The molecule has 0 radical (unpaired) electrons. The number of hydrogen-bond acceptors (Lipinski definition) is 0. The molecule has 4 atom stereocenters. The molecule has 4 heteroatoms. The third-order valence-corrected chi connectivity index (χ3v) is 5.07. The van der Waals surface area contributed by atoms with Gasteiger partial charge < -0.3 is 0 Å². The lowest BCUT2D eigenvalue weighted by molar-refractivity contribution is 0.303. The zero-order chi connectivity index (χ0) is 11.0. The Morgan fingerprint density at radius 2 is 2.00 bits per heavy atom. The molecule has 0 amide bonds. The van der Waals surface area contributed by atoms with E-state index in [0.29, 0.717) is 5.92 Å². The molecule has 0 bridgehead atoms. The summed E-state index contributed by atoms with van der Waals surface area (Å²) in [5.41, 5.74) is 1.56. The first kappa shape index (κ1) is 13.2. The molecular weight excluding hydrogens is 306 g/mol. The summed E-state index contributed by atoms with van der Waals surface area (Å²) in [7, 11) is 0. The molecule has 1 aliphatic rings. The largest absolute Gasteiger partial charge is 0.121 e. The van der Waals surface area contributed by atoms with Crippen LogP contribution in [0.15, 0.2) is 11.6 Å². The minimum Gasteiger partial charge on any atom is -0.121 e. The molecule has 14 heavy (non-hydrogen) atoms. The minimum absolute atomic E-state index is 0.00680. The second kappa shape index (κ2) is 4.53. The summed E-state index contributed by atoms with van der Waals surface area (Å²) in [6.07, 6.45) is 3.67. The van der Waals surface area contributed by atoms with Crippen LogP contribution in [0.4, 0.5) is 0 Å². The van der Waals surface area contributed by atoms with Crippen molar-refractivity contribution in [3.05, 3.63) is 11.6 Å². The molecule has 1 rings (SSSR count). The van der Waals surface area contributed by atoms with Crippen molar-refractivity contribution in [1.29, 1.82) is 0 Å². The summed E-state index contributed by atoms with van der Waals surface area (Å²) >= 11 is 21.9. The third-order valence-electron chi connectivity index (χ3n) is 2.88. The summed E-state index contributed by atoms with van der Waals surface area (Å²) in [4.78, 5) is -0.337. The van der Waals surface area contributed by atoms with Gasteiger partial charge in [-0.05, 0) is 32.6 Å². The Morgan fingerprint density at radius 1 is 1.43 bits per heavy atom. The van der Waals surface area contributed by atoms with Gasteiger partial charge in [-0.25, -0.2) is 0 Å². The fraction of sp³-hybridized carbons (Fsp3) is 0.800. The van der Waals surface area contributed by atoms with E-state index in [1.807, 2.05) is 13.0 Å². The highest BCUT2D eigenvalue weighted by atomic mass is 79.9.